The number of imidazole rings is 1. The van der Waals surface area contributed by atoms with E-state index in [-0.39, 0.29) is 11.8 Å². The van der Waals surface area contributed by atoms with Gasteiger partial charge in [0.05, 0.1) is 16.7 Å². The normalized spacial score (nSPS) is 14.4. The van der Waals surface area contributed by atoms with Crippen LogP contribution in [0.3, 0.4) is 0 Å². The molecule has 28 heavy (non-hydrogen) atoms. The van der Waals surface area contributed by atoms with Gasteiger partial charge in [-0.3, -0.25) is 4.79 Å². The Morgan fingerprint density at radius 1 is 1.07 bits per heavy atom. The summed E-state index contributed by atoms with van der Waals surface area (Å²) >= 11 is 0. The Morgan fingerprint density at radius 2 is 1.82 bits per heavy atom. The van der Waals surface area contributed by atoms with E-state index in [0.717, 1.165) is 11.0 Å². The number of Topliss-reactive ketones (excluding diaryl/α,β-unsaturated/α-hetero) is 1. The molecule has 0 atom stereocenters. The molecule has 1 fully saturated rings. The lowest BCUT2D eigenvalue weighted by Crippen LogP contribution is -2.51. The number of nitrogens with zero attached hydrogens (tertiary/aromatic N) is 4. The number of hydrogen-bond donors (Lipinski definition) is 1. The second-order valence-electron chi connectivity index (χ2n) is 6.72. The Balaban J connectivity index is 1.40. The highest BCUT2D eigenvalue weighted by Gasteiger charge is 2.23. The van der Waals surface area contributed by atoms with Gasteiger partial charge in [-0.25, -0.2) is 24.3 Å². The zero-order valence-corrected chi connectivity index (χ0v) is 15.4. The molecular formula is C20H20FN5O2. The summed E-state index contributed by atoms with van der Waals surface area (Å²) in [5, 5.41) is 0. The van der Waals surface area contributed by atoms with Crippen molar-refractivity contribution in [3.05, 3.63) is 60.2 Å². The number of carbonyl (C=O) groups excluding carboxylic acids is 2. The first-order valence-electron chi connectivity index (χ1n) is 9.06. The van der Waals surface area contributed by atoms with Crippen LogP contribution in [-0.2, 0) is 0 Å². The van der Waals surface area contributed by atoms with E-state index < -0.39 is 5.82 Å². The van der Waals surface area contributed by atoms with Crippen LogP contribution in [0.4, 0.5) is 14.9 Å². The van der Waals surface area contributed by atoms with Crippen LogP contribution < -0.4 is 10.3 Å². The van der Waals surface area contributed by atoms with Crippen molar-refractivity contribution in [3.8, 4) is 0 Å². The molecule has 1 aromatic heterocycles. The Bertz CT molecular complexity index is 1040. The summed E-state index contributed by atoms with van der Waals surface area (Å²) in [5.41, 5.74) is 5.26. The largest absolute Gasteiger partial charge is 0.366 e. The van der Waals surface area contributed by atoms with E-state index >= 15 is 0 Å². The third kappa shape index (κ3) is 3.40. The molecule has 144 valence electrons. The van der Waals surface area contributed by atoms with E-state index in [9.17, 15) is 14.0 Å². The third-order valence-corrected chi connectivity index (χ3v) is 4.93. The van der Waals surface area contributed by atoms with Gasteiger partial charge in [-0.2, -0.15) is 0 Å². The molecule has 2 heterocycles. The van der Waals surface area contributed by atoms with Crippen LogP contribution in [0.25, 0.3) is 11.0 Å². The first-order valence-corrected chi connectivity index (χ1v) is 9.06. The first kappa shape index (κ1) is 18.0. The maximum Gasteiger partial charge on any atom is 0.336 e. The predicted octanol–water partition coefficient (Wildman–Crippen LogP) is 2.86. The Kier molecular flexibility index (Phi) is 4.68. The van der Waals surface area contributed by atoms with Gasteiger partial charge in [-0.1, -0.05) is 12.1 Å². The summed E-state index contributed by atoms with van der Waals surface area (Å²) in [4.78, 5) is 31.8. The second kappa shape index (κ2) is 7.30. The fourth-order valence-electron chi connectivity index (χ4n) is 3.35. The molecule has 0 aliphatic carbocycles. The summed E-state index contributed by atoms with van der Waals surface area (Å²) in [6, 6.07) is 11.8. The topological polar surface area (TPSA) is 70.5 Å². The molecule has 1 N–H and O–H groups in total. The van der Waals surface area contributed by atoms with Crippen molar-refractivity contribution in [2.24, 2.45) is 0 Å². The van der Waals surface area contributed by atoms with E-state index in [1.54, 1.807) is 28.0 Å². The molecule has 8 heteroatoms. The lowest BCUT2D eigenvalue weighted by molar-refractivity contribution is 0.101. The maximum absolute atomic E-state index is 14.4. The van der Waals surface area contributed by atoms with Crippen molar-refractivity contribution in [3.63, 3.8) is 0 Å². The molecule has 1 saturated heterocycles. The number of nitrogens with one attached hydrogen (secondary N) is 1. The highest BCUT2D eigenvalue weighted by molar-refractivity contribution is 5.94. The molecule has 0 radical (unpaired) electrons. The van der Waals surface area contributed by atoms with Gasteiger partial charge in [0.1, 0.15) is 12.1 Å². The van der Waals surface area contributed by atoms with Gasteiger partial charge in [0.2, 0.25) is 0 Å². The molecule has 0 unspecified atom stereocenters. The van der Waals surface area contributed by atoms with Gasteiger partial charge in [0.15, 0.2) is 5.78 Å². The molecular weight excluding hydrogens is 361 g/mol. The lowest BCUT2D eigenvalue weighted by atomic mass is 10.1. The summed E-state index contributed by atoms with van der Waals surface area (Å²) in [5.74, 6) is -0.588. The molecule has 0 saturated carbocycles. The van der Waals surface area contributed by atoms with Gasteiger partial charge in [-0.15, -0.1) is 0 Å². The molecule has 2 amide bonds. The average molecular weight is 381 g/mol. The van der Waals surface area contributed by atoms with Crippen LogP contribution in [-0.4, -0.2) is 52.6 Å². The van der Waals surface area contributed by atoms with E-state index in [2.05, 4.69) is 10.4 Å². The monoisotopic (exact) mass is 381 g/mol. The van der Waals surface area contributed by atoms with E-state index in [1.165, 1.54) is 13.0 Å². The van der Waals surface area contributed by atoms with Gasteiger partial charge in [0, 0.05) is 31.7 Å². The Morgan fingerprint density at radius 3 is 2.54 bits per heavy atom. The second-order valence-corrected chi connectivity index (χ2v) is 6.72. The van der Waals surface area contributed by atoms with Crippen molar-refractivity contribution in [1.82, 2.24) is 14.6 Å². The summed E-state index contributed by atoms with van der Waals surface area (Å²) in [6.07, 6.45) is 1.57. The number of aromatic nitrogens is 2. The van der Waals surface area contributed by atoms with Gasteiger partial charge in [0.25, 0.3) is 0 Å². The van der Waals surface area contributed by atoms with Crippen molar-refractivity contribution in [1.29, 1.82) is 0 Å². The van der Waals surface area contributed by atoms with E-state index in [1.807, 2.05) is 29.2 Å². The number of fused-ring (bicyclic) bond motifs is 1. The maximum atomic E-state index is 14.4. The van der Waals surface area contributed by atoms with Gasteiger partial charge < -0.3 is 9.80 Å². The number of halogens is 1. The molecule has 1 aliphatic rings. The number of hydrogen-bond acceptors (Lipinski definition) is 4. The number of anilines is 1. The Hall–Kier alpha value is -3.42. The van der Waals surface area contributed by atoms with E-state index in [4.69, 9.17) is 0 Å². The standard InChI is InChI=1S/C20H20FN5O2/c1-14(27)15-6-7-18(16(21)12-15)24-8-10-25(11-9-24)20(28)23-26-13-22-17-4-2-3-5-19(17)26/h2-7,12-13H,8-11H2,1H3,(H,23,28). The third-order valence-electron chi connectivity index (χ3n) is 4.93. The van der Waals surface area contributed by atoms with Gasteiger partial charge in [-0.05, 0) is 37.3 Å². The van der Waals surface area contributed by atoms with Crippen molar-refractivity contribution >= 4 is 28.5 Å². The molecule has 3 aromatic rings. The van der Waals surface area contributed by atoms with Crippen LogP contribution in [0, 0.1) is 5.82 Å². The van der Waals surface area contributed by atoms with Crippen LogP contribution in [0.1, 0.15) is 17.3 Å². The minimum absolute atomic E-state index is 0.168. The molecule has 1 aliphatic heterocycles. The minimum Gasteiger partial charge on any atom is -0.366 e. The summed E-state index contributed by atoms with van der Waals surface area (Å²) < 4.78 is 16.0. The zero-order valence-electron chi connectivity index (χ0n) is 15.4. The quantitative estimate of drug-likeness (QED) is 0.709. The predicted molar refractivity (Wildman–Crippen MR) is 105 cm³/mol. The van der Waals surface area contributed by atoms with Crippen LogP contribution in [0.5, 0.6) is 0 Å². The zero-order chi connectivity index (χ0) is 19.7. The SMILES string of the molecule is CC(=O)c1ccc(N2CCN(C(=O)Nn3cnc4ccccc43)CC2)c(F)c1. The summed E-state index contributed by atoms with van der Waals surface area (Å²) in [6.45, 7) is 3.36. The fraction of sp³-hybridized carbons (Fsp3) is 0.250. The number of rotatable bonds is 3. The molecule has 2 aromatic carbocycles. The van der Waals surface area contributed by atoms with Crippen LogP contribution >= 0.6 is 0 Å². The fourth-order valence-corrected chi connectivity index (χ4v) is 3.35. The van der Waals surface area contributed by atoms with Crippen LogP contribution in [0.2, 0.25) is 0 Å². The number of carbonyl (C=O) groups is 2. The molecule has 0 spiro atoms. The smallest absolute Gasteiger partial charge is 0.336 e. The van der Waals surface area contributed by atoms with E-state index in [0.29, 0.717) is 37.4 Å². The number of benzene rings is 2. The number of urea groups is 1. The first-order chi connectivity index (χ1) is 13.5. The van der Waals surface area contributed by atoms with Crippen LogP contribution in [0.15, 0.2) is 48.8 Å². The summed E-state index contributed by atoms with van der Waals surface area (Å²) in [7, 11) is 0. The van der Waals surface area contributed by atoms with Gasteiger partial charge >= 0.3 is 6.03 Å². The van der Waals surface area contributed by atoms with Crippen molar-refractivity contribution < 1.29 is 14.0 Å². The number of amides is 2. The highest BCUT2D eigenvalue weighted by Crippen LogP contribution is 2.22. The highest BCUT2D eigenvalue weighted by atomic mass is 19.1. The number of para-hydroxylation sites is 2. The number of piperazine rings is 1. The Labute approximate surface area is 161 Å². The van der Waals surface area contributed by atoms with Crippen molar-refractivity contribution in [2.75, 3.05) is 36.5 Å². The molecule has 4 rings (SSSR count). The van der Waals surface area contributed by atoms with Crippen molar-refractivity contribution in [2.45, 2.75) is 6.92 Å². The number of ketones is 1. The molecule has 7 nitrogen and oxygen atoms in total. The average Bonchev–Trinajstić information content (AvgIpc) is 3.11. The minimum atomic E-state index is -0.421. The lowest BCUT2D eigenvalue weighted by Gasteiger charge is -2.36. The molecule has 0 bridgehead atoms.